The number of aryl methyl sites for hydroxylation is 1. The second-order valence-electron chi connectivity index (χ2n) is 4.79. The summed E-state index contributed by atoms with van der Waals surface area (Å²) in [7, 11) is 0. The van der Waals surface area contributed by atoms with Gasteiger partial charge in [0.15, 0.2) is 5.82 Å². The molecule has 0 N–H and O–H groups in total. The van der Waals surface area contributed by atoms with E-state index in [0.717, 1.165) is 18.4 Å². The van der Waals surface area contributed by atoms with Gasteiger partial charge in [0.2, 0.25) is 5.89 Å². The quantitative estimate of drug-likeness (QED) is 0.733. The molecule has 1 heterocycles. The summed E-state index contributed by atoms with van der Waals surface area (Å²) in [6.45, 7) is 4.16. The maximum absolute atomic E-state index is 12.2. The molecule has 0 spiro atoms. The van der Waals surface area contributed by atoms with Crippen molar-refractivity contribution in [2.75, 3.05) is 6.61 Å². The Morgan fingerprint density at radius 1 is 1.29 bits per heavy atom. The largest absolute Gasteiger partial charge is 0.465 e. The zero-order valence-corrected chi connectivity index (χ0v) is 12.4. The molecule has 112 valence electrons. The number of esters is 1. The van der Waals surface area contributed by atoms with Gasteiger partial charge in [-0.3, -0.25) is 4.79 Å². The Hall–Kier alpha value is -2.17. The number of hydrogen-bond donors (Lipinski definition) is 0. The Kier molecular flexibility index (Phi) is 5.49. The maximum atomic E-state index is 12.2. The van der Waals surface area contributed by atoms with Crippen LogP contribution in [0.2, 0.25) is 0 Å². The number of carbonyl (C=O) groups excluding carboxylic acids is 1. The molecule has 1 atom stereocenters. The third-order valence-corrected chi connectivity index (χ3v) is 3.11. The van der Waals surface area contributed by atoms with Crippen LogP contribution in [0.3, 0.4) is 0 Å². The predicted octanol–water partition coefficient (Wildman–Crippen LogP) is 2.91. The van der Waals surface area contributed by atoms with Crippen LogP contribution < -0.4 is 0 Å². The summed E-state index contributed by atoms with van der Waals surface area (Å²) in [5, 5.41) is 3.92. The van der Waals surface area contributed by atoms with Gasteiger partial charge >= 0.3 is 5.97 Å². The van der Waals surface area contributed by atoms with Crippen molar-refractivity contribution >= 4 is 5.97 Å². The first-order valence-electron chi connectivity index (χ1n) is 7.27. The van der Waals surface area contributed by atoms with Gasteiger partial charge in [0.25, 0.3) is 0 Å². The van der Waals surface area contributed by atoms with Crippen LogP contribution >= 0.6 is 0 Å². The van der Waals surface area contributed by atoms with Gasteiger partial charge in [-0.25, -0.2) is 0 Å². The summed E-state index contributed by atoms with van der Waals surface area (Å²) in [6.07, 6.45) is 2.17. The van der Waals surface area contributed by atoms with Gasteiger partial charge in [-0.05, 0) is 25.3 Å². The first-order valence-corrected chi connectivity index (χ1v) is 7.27. The molecule has 0 amide bonds. The van der Waals surface area contributed by atoms with Crippen LogP contribution in [0, 0.1) is 0 Å². The molecule has 5 nitrogen and oxygen atoms in total. The van der Waals surface area contributed by atoms with Crippen LogP contribution in [0.1, 0.15) is 43.5 Å². The van der Waals surface area contributed by atoms with Gasteiger partial charge in [-0.1, -0.05) is 42.4 Å². The lowest BCUT2D eigenvalue weighted by Crippen LogP contribution is -2.18. The van der Waals surface area contributed by atoms with Crippen molar-refractivity contribution < 1.29 is 14.1 Å². The van der Waals surface area contributed by atoms with Gasteiger partial charge in [-0.2, -0.15) is 4.98 Å². The molecule has 0 aliphatic rings. The van der Waals surface area contributed by atoms with Gasteiger partial charge < -0.3 is 9.26 Å². The first-order chi connectivity index (χ1) is 10.2. The number of carbonyl (C=O) groups is 1. The minimum absolute atomic E-state index is 0.326. The smallest absolute Gasteiger partial charge is 0.318 e. The molecule has 0 aliphatic carbocycles. The van der Waals surface area contributed by atoms with E-state index < -0.39 is 5.92 Å². The molecule has 2 aromatic rings. The lowest BCUT2D eigenvalue weighted by Gasteiger charge is -2.11. The van der Waals surface area contributed by atoms with E-state index in [1.807, 2.05) is 37.3 Å². The molecule has 0 saturated carbocycles. The van der Waals surface area contributed by atoms with E-state index in [-0.39, 0.29) is 5.97 Å². The van der Waals surface area contributed by atoms with E-state index in [4.69, 9.17) is 9.26 Å². The molecular formula is C16H20N2O3. The molecular weight excluding hydrogens is 268 g/mol. The molecule has 21 heavy (non-hydrogen) atoms. The van der Waals surface area contributed by atoms with Crippen molar-refractivity contribution in [3.05, 3.63) is 47.6 Å². The van der Waals surface area contributed by atoms with Crippen LogP contribution in [0.5, 0.6) is 0 Å². The van der Waals surface area contributed by atoms with E-state index in [0.29, 0.717) is 24.7 Å². The molecule has 0 aliphatic heterocycles. The van der Waals surface area contributed by atoms with Crippen LogP contribution in [-0.2, 0) is 22.4 Å². The molecule has 5 heteroatoms. The molecule has 0 fully saturated rings. The Morgan fingerprint density at radius 3 is 2.71 bits per heavy atom. The second-order valence-corrected chi connectivity index (χ2v) is 4.79. The molecule has 0 bridgehead atoms. The second kappa shape index (κ2) is 7.57. The van der Waals surface area contributed by atoms with E-state index in [9.17, 15) is 4.79 Å². The lowest BCUT2D eigenvalue weighted by molar-refractivity contribution is -0.145. The molecule has 1 unspecified atom stereocenters. The van der Waals surface area contributed by atoms with Crippen LogP contribution in [0.15, 0.2) is 34.9 Å². The highest BCUT2D eigenvalue weighted by molar-refractivity contribution is 5.77. The van der Waals surface area contributed by atoms with Crippen molar-refractivity contribution in [3.63, 3.8) is 0 Å². The minimum Gasteiger partial charge on any atom is -0.465 e. The molecule has 0 saturated heterocycles. The third kappa shape index (κ3) is 4.15. The van der Waals surface area contributed by atoms with E-state index in [1.165, 1.54) is 0 Å². The summed E-state index contributed by atoms with van der Waals surface area (Å²) in [6, 6.07) is 9.75. The number of benzene rings is 1. The van der Waals surface area contributed by atoms with Gasteiger partial charge in [0, 0.05) is 6.42 Å². The monoisotopic (exact) mass is 288 g/mol. The third-order valence-electron chi connectivity index (χ3n) is 3.11. The van der Waals surface area contributed by atoms with Gasteiger partial charge in [0.05, 0.1) is 6.61 Å². The van der Waals surface area contributed by atoms with Crippen molar-refractivity contribution in [2.45, 2.75) is 39.0 Å². The molecule has 2 rings (SSSR count). The number of hydrogen-bond acceptors (Lipinski definition) is 5. The topological polar surface area (TPSA) is 65.2 Å². The highest BCUT2D eigenvalue weighted by Crippen LogP contribution is 2.21. The van der Waals surface area contributed by atoms with Crippen molar-refractivity contribution in [3.8, 4) is 0 Å². The van der Waals surface area contributed by atoms with Crippen LogP contribution in [0.25, 0.3) is 0 Å². The van der Waals surface area contributed by atoms with Crippen LogP contribution in [0.4, 0.5) is 0 Å². The SMILES string of the molecule is CCCc1noc(C(Cc2ccccc2)C(=O)OCC)n1. The van der Waals surface area contributed by atoms with Crippen LogP contribution in [-0.4, -0.2) is 22.7 Å². The van der Waals surface area contributed by atoms with Gasteiger partial charge in [-0.15, -0.1) is 0 Å². The highest BCUT2D eigenvalue weighted by atomic mass is 16.5. The first kappa shape index (κ1) is 15.2. The Labute approximate surface area is 124 Å². The standard InChI is InChI=1S/C16H20N2O3/c1-3-8-14-17-15(21-18-14)13(16(19)20-4-2)11-12-9-6-5-7-10-12/h5-7,9-10,13H,3-4,8,11H2,1-2H3. The Balaban J connectivity index is 2.20. The lowest BCUT2D eigenvalue weighted by atomic mass is 9.99. The fraction of sp³-hybridized carbons (Fsp3) is 0.438. The zero-order valence-electron chi connectivity index (χ0n) is 12.4. The zero-order chi connectivity index (χ0) is 15.1. The Morgan fingerprint density at radius 2 is 2.05 bits per heavy atom. The highest BCUT2D eigenvalue weighted by Gasteiger charge is 2.28. The average Bonchev–Trinajstić information content (AvgIpc) is 2.95. The normalized spacial score (nSPS) is 12.1. The fourth-order valence-electron chi connectivity index (χ4n) is 2.10. The summed E-state index contributed by atoms with van der Waals surface area (Å²) >= 11 is 0. The summed E-state index contributed by atoms with van der Waals surface area (Å²) < 4.78 is 10.4. The fourth-order valence-corrected chi connectivity index (χ4v) is 2.10. The summed E-state index contributed by atoms with van der Waals surface area (Å²) in [5.74, 6) is 0.0918. The summed E-state index contributed by atoms with van der Waals surface area (Å²) in [5.41, 5.74) is 1.03. The molecule has 1 aromatic carbocycles. The van der Waals surface area contributed by atoms with Crippen molar-refractivity contribution in [1.82, 2.24) is 10.1 Å². The Bertz CT molecular complexity index is 566. The average molecular weight is 288 g/mol. The number of nitrogens with zero attached hydrogens (tertiary/aromatic N) is 2. The van der Waals surface area contributed by atoms with Gasteiger partial charge in [0.1, 0.15) is 5.92 Å². The molecule has 0 radical (unpaired) electrons. The molecule has 1 aromatic heterocycles. The number of ether oxygens (including phenoxy) is 1. The van der Waals surface area contributed by atoms with Crippen molar-refractivity contribution in [1.29, 1.82) is 0 Å². The maximum Gasteiger partial charge on any atom is 0.318 e. The van der Waals surface area contributed by atoms with E-state index in [2.05, 4.69) is 10.1 Å². The minimum atomic E-state index is -0.551. The number of rotatable bonds is 7. The predicted molar refractivity (Wildman–Crippen MR) is 77.8 cm³/mol. The van der Waals surface area contributed by atoms with E-state index >= 15 is 0 Å². The van der Waals surface area contributed by atoms with Crippen molar-refractivity contribution in [2.24, 2.45) is 0 Å². The summed E-state index contributed by atoms with van der Waals surface area (Å²) in [4.78, 5) is 16.5. The number of aromatic nitrogens is 2. The van der Waals surface area contributed by atoms with E-state index in [1.54, 1.807) is 6.92 Å².